The molecule has 0 aliphatic rings. The van der Waals surface area contributed by atoms with Crippen molar-refractivity contribution in [3.8, 4) is 0 Å². The lowest BCUT2D eigenvalue weighted by Crippen LogP contribution is -2.08. The lowest BCUT2D eigenvalue weighted by Gasteiger charge is -2.10. The van der Waals surface area contributed by atoms with E-state index in [-0.39, 0.29) is 10.7 Å². The van der Waals surface area contributed by atoms with E-state index < -0.39 is 11.9 Å². The average Bonchev–Trinajstić information content (AvgIpc) is 2.13. The lowest BCUT2D eigenvalue weighted by molar-refractivity contribution is 0.629. The van der Waals surface area contributed by atoms with E-state index in [1.54, 1.807) is 6.07 Å². The predicted molar refractivity (Wildman–Crippen MR) is 52.9 cm³/mol. The summed E-state index contributed by atoms with van der Waals surface area (Å²) < 4.78 is 13.1. The van der Waals surface area contributed by atoms with Crippen molar-refractivity contribution in [1.82, 2.24) is 0 Å². The largest absolute Gasteiger partial charge is 0.396 e. The van der Waals surface area contributed by atoms with E-state index >= 15 is 0 Å². The molecule has 1 atom stereocenters. The third-order valence-corrected chi connectivity index (χ3v) is 2.14. The number of anilines is 1. The van der Waals surface area contributed by atoms with Crippen molar-refractivity contribution >= 4 is 17.3 Å². The van der Waals surface area contributed by atoms with Crippen LogP contribution in [0.5, 0.6) is 0 Å². The van der Waals surface area contributed by atoms with Gasteiger partial charge in [-0.15, -0.1) is 6.58 Å². The van der Waals surface area contributed by atoms with Gasteiger partial charge in [0.1, 0.15) is 0 Å². The second-order valence-electron chi connectivity index (χ2n) is 2.63. The van der Waals surface area contributed by atoms with Crippen LogP contribution in [0.3, 0.4) is 0 Å². The summed E-state index contributed by atoms with van der Waals surface area (Å²) in [5.74, 6) is -0.628. The minimum atomic E-state index is -0.628. The van der Waals surface area contributed by atoms with Crippen molar-refractivity contribution in [2.45, 2.75) is 6.04 Å². The Balaban J connectivity index is 3.25. The first-order chi connectivity index (χ1) is 6.07. The van der Waals surface area contributed by atoms with Gasteiger partial charge in [-0.05, 0) is 11.6 Å². The Hall–Kier alpha value is -1.06. The molecule has 0 heterocycles. The van der Waals surface area contributed by atoms with Gasteiger partial charge in [0.25, 0.3) is 0 Å². The van der Waals surface area contributed by atoms with E-state index in [1.807, 2.05) is 0 Å². The summed E-state index contributed by atoms with van der Waals surface area (Å²) in [6, 6.07) is 2.55. The first kappa shape index (κ1) is 10.0. The van der Waals surface area contributed by atoms with Crippen molar-refractivity contribution in [3.63, 3.8) is 0 Å². The molecule has 0 saturated heterocycles. The van der Waals surface area contributed by atoms with E-state index in [1.165, 1.54) is 12.1 Å². The minimum absolute atomic E-state index is 0.0185. The number of benzene rings is 1. The Morgan fingerprint density at radius 1 is 1.54 bits per heavy atom. The molecule has 1 aromatic carbocycles. The van der Waals surface area contributed by atoms with Crippen LogP contribution in [0.25, 0.3) is 0 Å². The molecule has 1 rings (SSSR count). The zero-order valence-electron chi connectivity index (χ0n) is 6.93. The van der Waals surface area contributed by atoms with Gasteiger partial charge in [-0.2, -0.15) is 0 Å². The number of nitrogen functional groups attached to an aromatic ring is 1. The summed E-state index contributed by atoms with van der Waals surface area (Å²) in [5, 5.41) is -0.0348. The zero-order valence-corrected chi connectivity index (χ0v) is 7.68. The molecule has 0 unspecified atom stereocenters. The molecule has 1 aromatic rings. The van der Waals surface area contributed by atoms with Crippen molar-refractivity contribution in [2.75, 3.05) is 5.73 Å². The second kappa shape index (κ2) is 3.77. The van der Waals surface area contributed by atoms with Crippen molar-refractivity contribution in [1.29, 1.82) is 0 Å². The third-order valence-electron chi connectivity index (χ3n) is 1.76. The summed E-state index contributed by atoms with van der Waals surface area (Å²) in [5.41, 5.74) is 11.4. The molecule has 2 nitrogen and oxygen atoms in total. The Morgan fingerprint density at radius 3 is 2.69 bits per heavy atom. The lowest BCUT2D eigenvalue weighted by atomic mass is 10.1. The Labute approximate surface area is 81.0 Å². The normalized spacial score (nSPS) is 12.5. The first-order valence-corrected chi connectivity index (χ1v) is 4.07. The highest BCUT2D eigenvalue weighted by molar-refractivity contribution is 6.31. The summed E-state index contributed by atoms with van der Waals surface area (Å²) in [4.78, 5) is 0. The predicted octanol–water partition coefficient (Wildman–Crippen LogP) is 2.25. The van der Waals surface area contributed by atoms with Crippen molar-refractivity contribution < 1.29 is 4.39 Å². The van der Waals surface area contributed by atoms with E-state index in [9.17, 15) is 4.39 Å². The number of rotatable bonds is 2. The van der Waals surface area contributed by atoms with Crippen LogP contribution in [0.1, 0.15) is 11.6 Å². The van der Waals surface area contributed by atoms with Gasteiger partial charge in [0.2, 0.25) is 0 Å². The van der Waals surface area contributed by atoms with E-state index in [4.69, 9.17) is 23.1 Å². The van der Waals surface area contributed by atoms with Crippen LogP contribution < -0.4 is 11.5 Å². The van der Waals surface area contributed by atoms with Gasteiger partial charge in [0.05, 0.1) is 10.7 Å². The number of nitrogens with two attached hydrogens (primary N) is 2. The Kier molecular flexibility index (Phi) is 2.90. The molecule has 13 heavy (non-hydrogen) atoms. The summed E-state index contributed by atoms with van der Waals surface area (Å²) in [6.45, 7) is 3.49. The summed E-state index contributed by atoms with van der Waals surface area (Å²) in [7, 11) is 0. The molecule has 0 fully saturated rings. The highest BCUT2D eigenvalue weighted by Crippen LogP contribution is 2.28. The van der Waals surface area contributed by atoms with Gasteiger partial charge in [-0.1, -0.05) is 23.7 Å². The van der Waals surface area contributed by atoms with Gasteiger partial charge in [0, 0.05) is 6.04 Å². The monoisotopic (exact) mass is 200 g/mol. The van der Waals surface area contributed by atoms with E-state index in [0.29, 0.717) is 5.56 Å². The van der Waals surface area contributed by atoms with Crippen LogP contribution in [0.4, 0.5) is 10.1 Å². The Morgan fingerprint density at radius 2 is 2.15 bits per heavy atom. The quantitative estimate of drug-likeness (QED) is 0.568. The van der Waals surface area contributed by atoms with Crippen molar-refractivity contribution in [3.05, 3.63) is 41.2 Å². The van der Waals surface area contributed by atoms with Gasteiger partial charge >= 0.3 is 0 Å². The molecule has 0 radical (unpaired) electrons. The fraction of sp³-hybridized carbons (Fsp3) is 0.111. The number of halogens is 2. The van der Waals surface area contributed by atoms with Gasteiger partial charge < -0.3 is 11.5 Å². The molecule has 0 bridgehead atoms. The molecule has 4 N–H and O–H groups in total. The van der Waals surface area contributed by atoms with Crippen LogP contribution in [0.2, 0.25) is 5.02 Å². The molecule has 0 amide bonds. The summed E-state index contributed by atoms with van der Waals surface area (Å²) >= 11 is 5.69. The molecule has 70 valence electrons. The van der Waals surface area contributed by atoms with Crippen LogP contribution in [-0.2, 0) is 0 Å². The molecule has 0 spiro atoms. The maximum absolute atomic E-state index is 13.1. The summed E-state index contributed by atoms with van der Waals surface area (Å²) in [6.07, 6.45) is 1.48. The smallest absolute Gasteiger partial charge is 0.164 e. The van der Waals surface area contributed by atoms with Crippen LogP contribution in [0.15, 0.2) is 24.8 Å². The molecule has 4 heteroatoms. The second-order valence-corrected chi connectivity index (χ2v) is 3.01. The molecule has 0 aromatic heterocycles. The van der Waals surface area contributed by atoms with Crippen LogP contribution >= 0.6 is 11.6 Å². The molecule has 0 aliphatic heterocycles. The fourth-order valence-electron chi connectivity index (χ4n) is 0.964. The van der Waals surface area contributed by atoms with E-state index in [2.05, 4.69) is 6.58 Å². The SMILES string of the molecule is C=C[C@H](N)c1ccc(N)c(F)c1Cl. The van der Waals surface area contributed by atoms with Gasteiger partial charge in [-0.3, -0.25) is 0 Å². The Bertz CT molecular complexity index is 339. The fourth-order valence-corrected chi connectivity index (χ4v) is 1.26. The molecular weight excluding hydrogens is 191 g/mol. The third kappa shape index (κ3) is 1.82. The number of hydrogen-bond donors (Lipinski definition) is 2. The maximum atomic E-state index is 13.1. The molecule has 0 saturated carbocycles. The molecular formula is C9H10ClFN2. The maximum Gasteiger partial charge on any atom is 0.164 e. The highest BCUT2D eigenvalue weighted by Gasteiger charge is 2.12. The average molecular weight is 201 g/mol. The van der Waals surface area contributed by atoms with Crippen LogP contribution in [0, 0.1) is 5.82 Å². The van der Waals surface area contributed by atoms with E-state index in [0.717, 1.165) is 0 Å². The number of hydrogen-bond acceptors (Lipinski definition) is 2. The topological polar surface area (TPSA) is 52.0 Å². The minimum Gasteiger partial charge on any atom is -0.396 e. The zero-order chi connectivity index (χ0) is 10.0. The van der Waals surface area contributed by atoms with Gasteiger partial charge in [0.15, 0.2) is 5.82 Å². The standard InChI is InChI=1S/C9H10ClFN2/c1-2-6(12)5-3-4-7(13)9(11)8(5)10/h2-4,6H,1,12-13H2/t6-/m0/s1. The highest BCUT2D eigenvalue weighted by atomic mass is 35.5. The van der Waals surface area contributed by atoms with Crippen LogP contribution in [-0.4, -0.2) is 0 Å². The molecule has 0 aliphatic carbocycles. The van der Waals surface area contributed by atoms with Crippen molar-refractivity contribution in [2.24, 2.45) is 5.73 Å². The first-order valence-electron chi connectivity index (χ1n) is 3.69. The van der Waals surface area contributed by atoms with Gasteiger partial charge in [-0.25, -0.2) is 4.39 Å².